The van der Waals surface area contributed by atoms with Gasteiger partial charge in [0.1, 0.15) is 0 Å². The number of carbonyl (C=O) groups is 1. The van der Waals surface area contributed by atoms with E-state index in [1.54, 1.807) is 0 Å². The summed E-state index contributed by atoms with van der Waals surface area (Å²) in [5, 5.41) is 1.32. The van der Waals surface area contributed by atoms with Gasteiger partial charge >= 0.3 is 0 Å². The minimum absolute atomic E-state index is 0.216. The van der Waals surface area contributed by atoms with Crippen molar-refractivity contribution in [3.63, 3.8) is 0 Å². The average molecular weight is 573 g/mol. The normalized spacial score (nSPS) is 22.0. The average Bonchev–Trinajstić information content (AvgIpc) is 3.35. The van der Waals surface area contributed by atoms with E-state index in [1.807, 2.05) is 48.5 Å². The van der Waals surface area contributed by atoms with Gasteiger partial charge in [-0.3, -0.25) is 4.79 Å². The van der Waals surface area contributed by atoms with Crippen molar-refractivity contribution in [2.75, 3.05) is 0 Å². The number of benzene rings is 2. The van der Waals surface area contributed by atoms with Crippen LogP contribution in [0.4, 0.5) is 0 Å². The van der Waals surface area contributed by atoms with E-state index < -0.39 is 0 Å². The Morgan fingerprint density at radius 3 is 1.37 bits per heavy atom. The Bertz CT molecular complexity index is 843. The van der Waals surface area contributed by atoms with E-state index in [9.17, 15) is 4.79 Å². The van der Waals surface area contributed by atoms with Crippen LogP contribution in [0.3, 0.4) is 0 Å². The van der Waals surface area contributed by atoms with Crippen molar-refractivity contribution < 1.29 is 4.79 Å². The van der Waals surface area contributed by atoms with Crippen molar-refractivity contribution in [1.82, 2.24) is 0 Å². The highest BCUT2D eigenvalue weighted by molar-refractivity contribution is 9.10. The molecule has 0 aromatic heterocycles. The maximum Gasteiger partial charge on any atom is 0.150 e. The first kappa shape index (κ1) is 22.8. The molecule has 160 valence electrons. The van der Waals surface area contributed by atoms with E-state index in [1.165, 1.54) is 0 Å². The highest BCUT2D eigenvalue weighted by Crippen LogP contribution is 2.56. The van der Waals surface area contributed by atoms with Crippen LogP contribution in [0, 0.1) is 0 Å². The van der Waals surface area contributed by atoms with Crippen LogP contribution in [-0.2, 0) is 4.79 Å². The molecule has 30 heavy (non-hydrogen) atoms. The summed E-state index contributed by atoms with van der Waals surface area (Å²) in [5.41, 5.74) is 1.85. The van der Waals surface area contributed by atoms with Gasteiger partial charge in [0.25, 0.3) is 0 Å². The van der Waals surface area contributed by atoms with Gasteiger partial charge in [-0.2, -0.15) is 0 Å². The first-order chi connectivity index (χ1) is 14.4. The molecular weight excluding hydrogens is 547 g/mol. The molecule has 0 heterocycles. The zero-order valence-electron chi connectivity index (χ0n) is 16.9. The maximum atomic E-state index is 14.6. The summed E-state index contributed by atoms with van der Waals surface area (Å²) in [4.78, 5) is 14.6. The quantitative estimate of drug-likeness (QED) is 0.316. The first-order valence-electron chi connectivity index (χ1n) is 10.8. The fourth-order valence-electron chi connectivity index (χ4n) is 5.46. The molecule has 2 saturated carbocycles. The van der Waals surface area contributed by atoms with Crippen molar-refractivity contribution in [3.05, 3.63) is 69.7 Å². The fourth-order valence-corrected chi connectivity index (χ4v) is 8.02. The number of hydrogen-bond donors (Lipinski definition) is 0. The molecule has 5 heteroatoms. The molecule has 2 fully saturated rings. The zero-order valence-corrected chi connectivity index (χ0v) is 21.5. The predicted molar refractivity (Wildman–Crippen MR) is 134 cm³/mol. The number of alkyl halides is 2. The number of ketones is 1. The molecular formula is C25H26Br2Cl2O. The third-order valence-corrected chi connectivity index (χ3v) is 10.1. The molecule has 0 spiro atoms. The highest BCUT2D eigenvalue weighted by atomic mass is 79.9. The second-order valence-corrected chi connectivity index (χ2v) is 12.8. The van der Waals surface area contributed by atoms with Crippen LogP contribution in [0.2, 0.25) is 10.0 Å². The second kappa shape index (κ2) is 9.25. The van der Waals surface area contributed by atoms with Gasteiger partial charge < -0.3 is 0 Å². The molecule has 2 atom stereocenters. The Hall–Kier alpha value is -0.350. The molecule has 0 amide bonds. The minimum Gasteiger partial charge on any atom is -0.298 e. The molecule has 2 aliphatic carbocycles. The molecule has 0 bridgehead atoms. The lowest BCUT2D eigenvalue weighted by Gasteiger charge is -2.39. The molecule has 2 unspecified atom stereocenters. The van der Waals surface area contributed by atoms with Crippen LogP contribution in [-0.4, -0.2) is 14.4 Å². The Morgan fingerprint density at radius 2 is 1.03 bits per heavy atom. The SMILES string of the molecule is O=C(C(c1ccccc1Cl)C1(Br)CCCC1)C(c1ccccc1Cl)C1(Br)CCCC1. The summed E-state index contributed by atoms with van der Waals surface area (Å²) in [6.45, 7) is 0. The van der Waals surface area contributed by atoms with Crippen LogP contribution in [0.15, 0.2) is 48.5 Å². The smallest absolute Gasteiger partial charge is 0.150 e. The van der Waals surface area contributed by atoms with Gasteiger partial charge in [-0.1, -0.05) is 117 Å². The van der Waals surface area contributed by atoms with E-state index in [-0.39, 0.29) is 26.3 Å². The van der Waals surface area contributed by atoms with Gasteiger partial charge in [0.2, 0.25) is 0 Å². The summed E-state index contributed by atoms with van der Waals surface area (Å²) < 4.78 is -0.535. The number of carbonyl (C=O) groups excluding carboxylic acids is 1. The van der Waals surface area contributed by atoms with Gasteiger partial charge in [-0.15, -0.1) is 0 Å². The second-order valence-electron chi connectivity index (χ2n) is 8.79. The number of Topliss-reactive ketones (excluding diaryl/α,β-unsaturated/α-hetero) is 1. The molecule has 2 aromatic carbocycles. The predicted octanol–water partition coefficient (Wildman–Crippen LogP) is 8.85. The molecule has 0 radical (unpaired) electrons. The van der Waals surface area contributed by atoms with Gasteiger partial charge in [0.15, 0.2) is 5.78 Å². The van der Waals surface area contributed by atoms with Crippen molar-refractivity contribution in [1.29, 1.82) is 0 Å². The van der Waals surface area contributed by atoms with E-state index >= 15 is 0 Å². The van der Waals surface area contributed by atoms with Gasteiger partial charge in [0.05, 0.1) is 11.8 Å². The standard InChI is InChI=1S/C25H26Br2Cl2O/c26-24(13-5-6-14-24)21(17-9-1-3-11-19(17)28)23(30)22(25(27)15-7-8-16-25)18-10-2-4-12-20(18)29/h1-4,9-12,21-22H,5-8,13-16H2. The molecule has 0 aliphatic heterocycles. The van der Waals surface area contributed by atoms with Crippen molar-refractivity contribution in [2.24, 2.45) is 0 Å². The molecule has 0 saturated heterocycles. The van der Waals surface area contributed by atoms with Crippen LogP contribution in [0.1, 0.15) is 74.3 Å². The van der Waals surface area contributed by atoms with E-state index in [4.69, 9.17) is 23.2 Å². The number of halogens is 4. The van der Waals surface area contributed by atoms with Gasteiger partial charge in [-0.25, -0.2) is 0 Å². The van der Waals surface area contributed by atoms with Crippen LogP contribution < -0.4 is 0 Å². The Morgan fingerprint density at radius 1 is 0.700 bits per heavy atom. The monoisotopic (exact) mass is 570 g/mol. The molecule has 2 aliphatic rings. The fraction of sp³-hybridized carbons (Fsp3) is 0.480. The summed E-state index contributed by atoms with van der Waals surface area (Å²) in [6, 6.07) is 15.7. The lowest BCUT2D eigenvalue weighted by Crippen LogP contribution is -2.41. The third kappa shape index (κ3) is 4.29. The van der Waals surface area contributed by atoms with Crippen molar-refractivity contribution >= 4 is 60.8 Å². The summed E-state index contributed by atoms with van der Waals surface area (Å²) in [5.74, 6) is -0.413. The minimum atomic E-state index is -0.315. The van der Waals surface area contributed by atoms with Crippen molar-refractivity contribution in [3.8, 4) is 0 Å². The number of hydrogen-bond acceptors (Lipinski definition) is 1. The Kier molecular flexibility index (Phi) is 7.04. The molecule has 2 aromatic rings. The highest BCUT2D eigenvalue weighted by Gasteiger charge is 2.52. The summed E-state index contributed by atoms with van der Waals surface area (Å²) in [6.07, 6.45) is 8.37. The van der Waals surface area contributed by atoms with E-state index in [2.05, 4.69) is 31.9 Å². The largest absolute Gasteiger partial charge is 0.298 e. The molecule has 4 rings (SSSR count). The summed E-state index contributed by atoms with van der Waals surface area (Å²) >= 11 is 21.4. The van der Waals surface area contributed by atoms with Gasteiger partial charge in [0, 0.05) is 18.7 Å². The van der Waals surface area contributed by atoms with Gasteiger partial charge in [-0.05, 0) is 48.9 Å². The topological polar surface area (TPSA) is 17.1 Å². The van der Waals surface area contributed by atoms with E-state index in [0.29, 0.717) is 10.0 Å². The lowest BCUT2D eigenvalue weighted by molar-refractivity contribution is -0.123. The maximum absolute atomic E-state index is 14.6. The van der Waals surface area contributed by atoms with Crippen LogP contribution >= 0.6 is 55.1 Å². The van der Waals surface area contributed by atoms with Crippen LogP contribution in [0.25, 0.3) is 0 Å². The summed E-state index contributed by atoms with van der Waals surface area (Å²) in [7, 11) is 0. The molecule has 1 nitrogen and oxygen atoms in total. The van der Waals surface area contributed by atoms with Crippen molar-refractivity contribution in [2.45, 2.75) is 71.9 Å². The Balaban J connectivity index is 1.87. The number of rotatable bonds is 6. The van der Waals surface area contributed by atoms with Crippen LogP contribution in [0.5, 0.6) is 0 Å². The lowest BCUT2D eigenvalue weighted by atomic mass is 9.71. The Labute approximate surface area is 206 Å². The first-order valence-corrected chi connectivity index (χ1v) is 13.1. The molecule has 0 N–H and O–H groups in total. The zero-order chi connectivity index (χ0) is 21.4. The third-order valence-electron chi connectivity index (χ3n) is 6.91. The van der Waals surface area contributed by atoms with E-state index in [0.717, 1.165) is 62.5 Å².